The van der Waals surface area contributed by atoms with E-state index in [1.807, 2.05) is 41.5 Å². The molecular weight excluding hydrogens is 268 g/mol. The first-order chi connectivity index (χ1) is 9.50. The second-order valence-electron chi connectivity index (χ2n) is 6.80. The zero-order valence-electron chi connectivity index (χ0n) is 14.6. The number of esters is 1. The first-order valence-corrected chi connectivity index (χ1v) is 7.68. The first kappa shape index (κ1) is 19.7. The molecule has 0 amide bonds. The number of carbonyl (C=O) groups excluding carboxylic acids is 1. The summed E-state index contributed by atoms with van der Waals surface area (Å²) in [5.74, 6) is -1.58. The van der Waals surface area contributed by atoms with Crippen LogP contribution in [0.5, 0.6) is 0 Å². The number of aliphatic carboxylic acids is 1. The van der Waals surface area contributed by atoms with E-state index in [1.165, 1.54) is 0 Å². The Morgan fingerprint density at radius 2 is 1.14 bits per heavy atom. The van der Waals surface area contributed by atoms with Gasteiger partial charge in [-0.15, -0.1) is 0 Å². The molecule has 4 nitrogen and oxygen atoms in total. The van der Waals surface area contributed by atoms with E-state index < -0.39 is 11.9 Å². The third-order valence-corrected chi connectivity index (χ3v) is 3.45. The molecule has 0 aromatic carbocycles. The van der Waals surface area contributed by atoms with Gasteiger partial charge in [0.15, 0.2) is 0 Å². The predicted molar refractivity (Wildman–Crippen MR) is 83.9 cm³/mol. The lowest BCUT2D eigenvalue weighted by atomic mass is 9.90. The van der Waals surface area contributed by atoms with E-state index in [9.17, 15) is 14.7 Å². The number of hydrogen-bond acceptors (Lipinski definition) is 3. The Labute approximate surface area is 128 Å². The van der Waals surface area contributed by atoms with Crippen LogP contribution in [-0.2, 0) is 14.3 Å². The highest BCUT2D eigenvalue weighted by Gasteiger charge is 2.30. The van der Waals surface area contributed by atoms with Gasteiger partial charge in [0.25, 0.3) is 0 Å². The Kier molecular flexibility index (Phi) is 7.69. The Morgan fingerprint density at radius 3 is 1.38 bits per heavy atom. The van der Waals surface area contributed by atoms with Crippen LogP contribution in [0, 0.1) is 23.7 Å². The molecule has 0 fully saturated rings. The lowest BCUT2D eigenvalue weighted by Gasteiger charge is -2.27. The maximum absolute atomic E-state index is 12.5. The lowest BCUT2D eigenvalue weighted by Crippen LogP contribution is -2.31. The second kappa shape index (κ2) is 8.20. The molecule has 0 aliphatic carbocycles. The molecule has 0 aliphatic rings. The molecule has 0 atom stereocenters. The molecule has 0 aromatic rings. The summed E-state index contributed by atoms with van der Waals surface area (Å²) in [4.78, 5) is 24.0. The number of carbonyl (C=O) groups is 2. The fourth-order valence-electron chi connectivity index (χ4n) is 2.56. The Bertz CT molecular complexity index is 395. The number of carboxylic acid groups (broad SMARTS) is 1. The molecule has 0 aromatic heterocycles. The monoisotopic (exact) mass is 298 g/mol. The van der Waals surface area contributed by atoms with E-state index in [-0.39, 0.29) is 40.9 Å². The van der Waals surface area contributed by atoms with Crippen molar-refractivity contribution in [3.05, 3.63) is 11.1 Å². The molecule has 21 heavy (non-hydrogen) atoms. The average molecular weight is 298 g/mol. The summed E-state index contributed by atoms with van der Waals surface area (Å²) in [5, 5.41) is 9.40. The van der Waals surface area contributed by atoms with Crippen molar-refractivity contribution >= 4 is 11.9 Å². The van der Waals surface area contributed by atoms with Crippen LogP contribution in [0.3, 0.4) is 0 Å². The van der Waals surface area contributed by atoms with Gasteiger partial charge < -0.3 is 9.84 Å². The molecule has 0 radical (unpaired) electrons. The van der Waals surface area contributed by atoms with Gasteiger partial charge in [-0.05, 0) is 23.7 Å². The van der Waals surface area contributed by atoms with Crippen LogP contribution in [0.15, 0.2) is 11.1 Å². The molecule has 4 heteroatoms. The third-order valence-electron chi connectivity index (χ3n) is 3.45. The van der Waals surface area contributed by atoms with Crippen molar-refractivity contribution in [3.63, 3.8) is 0 Å². The normalized spacial score (nSPS) is 13.4. The van der Waals surface area contributed by atoms with Crippen molar-refractivity contribution < 1.29 is 19.4 Å². The Balaban J connectivity index is 5.64. The predicted octanol–water partition coefficient (Wildman–Crippen LogP) is 3.90. The van der Waals surface area contributed by atoms with Gasteiger partial charge >= 0.3 is 11.9 Å². The third kappa shape index (κ3) is 5.52. The molecule has 0 spiro atoms. The van der Waals surface area contributed by atoms with Gasteiger partial charge in [-0.25, -0.2) is 9.59 Å². The minimum Gasteiger partial charge on any atom is -0.478 e. The minimum atomic E-state index is -1.05. The summed E-state index contributed by atoms with van der Waals surface area (Å²) >= 11 is 0. The van der Waals surface area contributed by atoms with Crippen molar-refractivity contribution in [1.29, 1.82) is 0 Å². The smallest absolute Gasteiger partial charge is 0.335 e. The molecule has 0 aliphatic heterocycles. The average Bonchev–Trinajstić information content (AvgIpc) is 2.29. The van der Waals surface area contributed by atoms with Crippen molar-refractivity contribution in [2.75, 3.05) is 0 Å². The highest BCUT2D eigenvalue weighted by Crippen LogP contribution is 2.26. The molecule has 0 saturated carbocycles. The topological polar surface area (TPSA) is 63.6 Å². The van der Waals surface area contributed by atoms with Gasteiger partial charge in [-0.3, -0.25) is 0 Å². The van der Waals surface area contributed by atoms with Crippen LogP contribution >= 0.6 is 0 Å². The summed E-state index contributed by atoms with van der Waals surface area (Å²) in [7, 11) is 0. The number of ether oxygens (including phenoxy) is 1. The van der Waals surface area contributed by atoms with Crippen molar-refractivity contribution in [3.8, 4) is 0 Å². The first-order valence-electron chi connectivity index (χ1n) is 7.68. The van der Waals surface area contributed by atoms with Gasteiger partial charge in [0, 0.05) is 0 Å². The zero-order chi connectivity index (χ0) is 16.9. The van der Waals surface area contributed by atoms with Gasteiger partial charge in [0.2, 0.25) is 0 Å². The van der Waals surface area contributed by atoms with Crippen molar-refractivity contribution in [1.82, 2.24) is 0 Å². The van der Waals surface area contributed by atoms with Crippen LogP contribution in [-0.4, -0.2) is 23.1 Å². The number of rotatable bonds is 7. The SMILES string of the molecule is CC(C)/C(C(=O)O)=C(/C(=O)OC(C(C)C)C(C)C)C(C)C. The fourth-order valence-corrected chi connectivity index (χ4v) is 2.56. The van der Waals surface area contributed by atoms with Crippen LogP contribution in [0.25, 0.3) is 0 Å². The Morgan fingerprint density at radius 1 is 0.762 bits per heavy atom. The van der Waals surface area contributed by atoms with E-state index in [1.54, 1.807) is 13.8 Å². The highest BCUT2D eigenvalue weighted by molar-refractivity contribution is 6.00. The van der Waals surface area contributed by atoms with Gasteiger partial charge in [0.05, 0.1) is 11.1 Å². The van der Waals surface area contributed by atoms with Crippen molar-refractivity contribution in [2.45, 2.75) is 61.5 Å². The standard InChI is InChI=1S/C17H30O4/c1-9(2)13(16(18)19)14(10(3)4)17(20)21-15(11(5)6)12(7)8/h9-12,15H,1-8H3,(H,18,19)/b14-13-. The van der Waals surface area contributed by atoms with E-state index >= 15 is 0 Å². The van der Waals surface area contributed by atoms with Crippen LogP contribution in [0.2, 0.25) is 0 Å². The fraction of sp³-hybridized carbons (Fsp3) is 0.765. The molecule has 0 bridgehead atoms. The summed E-state index contributed by atoms with van der Waals surface area (Å²) in [6.07, 6.45) is -0.214. The van der Waals surface area contributed by atoms with Crippen LogP contribution in [0.4, 0.5) is 0 Å². The van der Waals surface area contributed by atoms with Crippen molar-refractivity contribution in [2.24, 2.45) is 23.7 Å². The second-order valence-corrected chi connectivity index (χ2v) is 6.80. The zero-order valence-corrected chi connectivity index (χ0v) is 14.6. The van der Waals surface area contributed by atoms with Gasteiger partial charge in [-0.1, -0.05) is 55.4 Å². The van der Waals surface area contributed by atoms with Gasteiger partial charge in [0.1, 0.15) is 6.10 Å². The van der Waals surface area contributed by atoms with E-state index in [0.29, 0.717) is 0 Å². The molecule has 122 valence electrons. The molecule has 0 rings (SSSR count). The molecule has 0 heterocycles. The molecule has 0 unspecified atom stereocenters. The quantitative estimate of drug-likeness (QED) is 0.572. The van der Waals surface area contributed by atoms with Gasteiger partial charge in [-0.2, -0.15) is 0 Å². The van der Waals surface area contributed by atoms with E-state index in [2.05, 4.69) is 0 Å². The maximum Gasteiger partial charge on any atom is 0.335 e. The van der Waals surface area contributed by atoms with E-state index in [4.69, 9.17) is 4.74 Å². The molecule has 1 N–H and O–H groups in total. The maximum atomic E-state index is 12.5. The van der Waals surface area contributed by atoms with Crippen LogP contribution in [0.1, 0.15) is 55.4 Å². The summed E-state index contributed by atoms with van der Waals surface area (Å²) in [5.41, 5.74) is 0.435. The lowest BCUT2D eigenvalue weighted by molar-refractivity contribution is -0.150. The minimum absolute atomic E-state index is 0.154. The highest BCUT2D eigenvalue weighted by atomic mass is 16.5. The number of carboxylic acids is 1. The largest absolute Gasteiger partial charge is 0.478 e. The van der Waals surface area contributed by atoms with E-state index in [0.717, 1.165) is 0 Å². The number of hydrogen-bond donors (Lipinski definition) is 1. The summed E-state index contributed by atoms with van der Waals surface area (Å²) in [6, 6.07) is 0. The summed E-state index contributed by atoms with van der Waals surface area (Å²) in [6.45, 7) is 15.2. The van der Waals surface area contributed by atoms with Crippen LogP contribution < -0.4 is 0 Å². The Hall–Kier alpha value is -1.32. The molecular formula is C17H30O4. The summed E-state index contributed by atoms with van der Waals surface area (Å²) < 4.78 is 5.62. The molecule has 0 saturated heterocycles.